The van der Waals surface area contributed by atoms with E-state index in [9.17, 15) is 14.4 Å². The molecule has 0 aliphatic carbocycles. The number of hydrogen-bond donors (Lipinski definition) is 0. The fraction of sp³-hybridized carbons (Fsp3) is 0.649. The number of carbonyl (C=O) groups excluding carboxylic acids is 3. The SMILES string of the molecule is CC/C=C\C/C=C\C/C=C\C/C=C\C/C=C\C/C=C\C/C=C\C/C=C\C/C=C\CCCCCCCC(=O)OCC(COC(=O)CCCCCCC/C=C\C/C=C\CCC)OC(=O)CCCCCCCCCCC/C=C\CCCCCCCC. The molecule has 6 nitrogen and oxygen atoms in total. The second-order valence-corrected chi connectivity index (χ2v) is 22.3. The van der Waals surface area contributed by atoms with Crippen molar-refractivity contribution in [3.63, 3.8) is 0 Å². The van der Waals surface area contributed by atoms with Gasteiger partial charge in [0, 0.05) is 19.3 Å². The summed E-state index contributed by atoms with van der Waals surface area (Å²) in [5, 5.41) is 0. The van der Waals surface area contributed by atoms with Crippen molar-refractivity contribution in [3.05, 3.63) is 146 Å². The van der Waals surface area contributed by atoms with E-state index in [0.29, 0.717) is 19.3 Å². The summed E-state index contributed by atoms with van der Waals surface area (Å²) in [5.74, 6) is -0.927. The highest BCUT2D eigenvalue weighted by Crippen LogP contribution is 2.15. The van der Waals surface area contributed by atoms with Crippen molar-refractivity contribution in [2.45, 2.75) is 309 Å². The number of allylic oxidation sites excluding steroid dienone is 24. The van der Waals surface area contributed by atoms with Gasteiger partial charge in [0.2, 0.25) is 0 Å². The van der Waals surface area contributed by atoms with Crippen LogP contribution in [0.2, 0.25) is 0 Å². The molecule has 0 spiro atoms. The molecule has 6 heteroatoms. The molecule has 0 N–H and O–H groups in total. The Morgan fingerprint density at radius 3 is 0.795 bits per heavy atom. The van der Waals surface area contributed by atoms with Crippen LogP contribution >= 0.6 is 0 Å². The second-order valence-electron chi connectivity index (χ2n) is 22.3. The largest absolute Gasteiger partial charge is 0.462 e. The molecule has 0 saturated carbocycles. The molecule has 0 aromatic rings. The topological polar surface area (TPSA) is 78.9 Å². The predicted octanol–water partition coefficient (Wildman–Crippen LogP) is 23.9. The van der Waals surface area contributed by atoms with Crippen molar-refractivity contribution in [1.82, 2.24) is 0 Å². The Morgan fingerprint density at radius 1 is 0.253 bits per heavy atom. The average Bonchev–Trinajstić information content (AvgIpc) is 3.49. The molecule has 0 aliphatic heterocycles. The van der Waals surface area contributed by atoms with Crippen molar-refractivity contribution in [1.29, 1.82) is 0 Å². The van der Waals surface area contributed by atoms with E-state index in [0.717, 1.165) is 167 Å². The van der Waals surface area contributed by atoms with Gasteiger partial charge in [-0.05, 0) is 141 Å². The van der Waals surface area contributed by atoms with Crippen LogP contribution in [0.25, 0.3) is 0 Å². The van der Waals surface area contributed by atoms with Crippen molar-refractivity contribution < 1.29 is 28.6 Å². The quantitative estimate of drug-likeness (QED) is 0.0261. The minimum atomic E-state index is -0.800. The summed E-state index contributed by atoms with van der Waals surface area (Å²) in [4.78, 5) is 38.4. The summed E-state index contributed by atoms with van der Waals surface area (Å²) < 4.78 is 16.9. The smallest absolute Gasteiger partial charge is 0.306 e. The maximum Gasteiger partial charge on any atom is 0.306 e. The first-order valence-corrected chi connectivity index (χ1v) is 34.3. The zero-order valence-electron chi connectivity index (χ0n) is 53.9. The molecule has 0 bridgehead atoms. The average molecular weight is 1150 g/mol. The highest BCUT2D eigenvalue weighted by atomic mass is 16.6. The second kappa shape index (κ2) is 69.8. The molecule has 1 atom stereocenters. The number of ether oxygens (including phenoxy) is 3. The highest BCUT2D eigenvalue weighted by Gasteiger charge is 2.19. The summed E-state index contributed by atoms with van der Waals surface area (Å²) in [6, 6.07) is 0. The molecule has 0 fully saturated rings. The lowest BCUT2D eigenvalue weighted by molar-refractivity contribution is -0.167. The number of esters is 3. The molecule has 0 saturated heterocycles. The molecule has 0 aromatic carbocycles. The summed E-state index contributed by atoms with van der Waals surface area (Å²) in [6.45, 7) is 6.44. The van der Waals surface area contributed by atoms with Gasteiger partial charge in [0.15, 0.2) is 6.10 Å². The van der Waals surface area contributed by atoms with Crippen LogP contribution in [0, 0.1) is 0 Å². The normalized spacial score (nSPS) is 13.0. The van der Waals surface area contributed by atoms with E-state index < -0.39 is 6.10 Å². The molecule has 0 amide bonds. The third-order valence-corrected chi connectivity index (χ3v) is 14.3. The first kappa shape index (κ1) is 78.3. The van der Waals surface area contributed by atoms with E-state index in [1.807, 2.05) is 0 Å². The van der Waals surface area contributed by atoms with Crippen molar-refractivity contribution >= 4 is 17.9 Å². The van der Waals surface area contributed by atoms with Crippen LogP contribution in [-0.4, -0.2) is 37.2 Å². The summed E-state index contributed by atoms with van der Waals surface area (Å²) in [7, 11) is 0. The van der Waals surface area contributed by atoms with Crippen LogP contribution in [-0.2, 0) is 28.6 Å². The standard InChI is InChI=1S/C77H126O6/c1-4-7-10-13-16-19-22-25-27-29-31-32-33-34-35-36-37-38-39-40-41-42-43-44-46-47-49-52-55-58-61-64-67-70-76(79)82-73-74(72-81-75(78)69-66-63-60-57-54-51-24-21-18-15-12-9-6-3)83-77(80)71-68-65-62-59-56-53-50-48-45-30-28-26-23-20-17-14-11-8-5-2/h7,10,12,15-16,19,21,24-28,31-32,34-35,37-38,40-41,43-44,47,49,74H,4-6,8-9,11,13-14,17-18,20,22-23,29-30,33,36,39,42,45-46,48,50-73H2,1-3H3/b10-7-,15-12-,19-16-,24-21-,27-25-,28-26-,32-31-,35-34-,38-37-,41-40-,44-43-,49-47-. The van der Waals surface area contributed by atoms with Crippen molar-refractivity contribution in [2.75, 3.05) is 13.2 Å². The van der Waals surface area contributed by atoms with Gasteiger partial charge in [0.25, 0.3) is 0 Å². The Balaban J connectivity index is 4.35. The fourth-order valence-corrected chi connectivity index (χ4v) is 9.17. The number of rotatable bonds is 61. The number of hydrogen-bond acceptors (Lipinski definition) is 6. The van der Waals surface area contributed by atoms with E-state index in [1.54, 1.807) is 0 Å². The Hall–Kier alpha value is -4.71. The van der Waals surface area contributed by atoms with Crippen molar-refractivity contribution in [2.24, 2.45) is 0 Å². The highest BCUT2D eigenvalue weighted by molar-refractivity contribution is 5.71. The molecule has 0 heterocycles. The molecule has 0 rings (SSSR count). The fourth-order valence-electron chi connectivity index (χ4n) is 9.17. The lowest BCUT2D eigenvalue weighted by Gasteiger charge is -2.18. The van der Waals surface area contributed by atoms with Gasteiger partial charge < -0.3 is 14.2 Å². The summed E-state index contributed by atoms with van der Waals surface area (Å²) in [5.41, 5.74) is 0. The van der Waals surface area contributed by atoms with E-state index in [-0.39, 0.29) is 31.1 Å². The third-order valence-electron chi connectivity index (χ3n) is 14.3. The molecule has 0 aliphatic rings. The lowest BCUT2D eigenvalue weighted by atomic mass is 10.1. The maximum atomic E-state index is 12.9. The first-order valence-electron chi connectivity index (χ1n) is 34.3. The van der Waals surface area contributed by atoms with Gasteiger partial charge >= 0.3 is 17.9 Å². The number of carbonyl (C=O) groups is 3. The molecular weight excluding hydrogens is 1020 g/mol. The van der Waals surface area contributed by atoms with Crippen LogP contribution in [0.15, 0.2) is 146 Å². The van der Waals surface area contributed by atoms with Crippen LogP contribution in [0.3, 0.4) is 0 Å². The van der Waals surface area contributed by atoms with Crippen molar-refractivity contribution in [3.8, 4) is 0 Å². The van der Waals surface area contributed by atoms with Crippen LogP contribution in [0.5, 0.6) is 0 Å². The Labute approximate surface area is 512 Å². The molecule has 0 radical (unpaired) electrons. The first-order chi connectivity index (χ1) is 41.0. The summed E-state index contributed by atoms with van der Waals surface area (Å²) in [6.07, 6.45) is 100. The Kier molecular flexibility index (Phi) is 65.8. The van der Waals surface area contributed by atoms with Gasteiger partial charge in [-0.2, -0.15) is 0 Å². The monoisotopic (exact) mass is 1150 g/mol. The molecule has 0 aromatic heterocycles. The minimum absolute atomic E-state index is 0.0955. The van der Waals surface area contributed by atoms with Gasteiger partial charge in [-0.1, -0.05) is 289 Å². The molecule has 470 valence electrons. The van der Waals surface area contributed by atoms with Crippen LogP contribution in [0.4, 0.5) is 0 Å². The van der Waals surface area contributed by atoms with Gasteiger partial charge in [-0.15, -0.1) is 0 Å². The lowest BCUT2D eigenvalue weighted by Crippen LogP contribution is -2.30. The predicted molar refractivity (Wildman–Crippen MR) is 362 cm³/mol. The van der Waals surface area contributed by atoms with Crippen LogP contribution < -0.4 is 0 Å². The zero-order chi connectivity index (χ0) is 59.9. The van der Waals surface area contributed by atoms with Gasteiger partial charge in [0.1, 0.15) is 13.2 Å². The van der Waals surface area contributed by atoms with E-state index >= 15 is 0 Å². The van der Waals surface area contributed by atoms with E-state index in [1.165, 1.54) is 96.3 Å². The van der Waals surface area contributed by atoms with E-state index in [2.05, 4.69) is 167 Å². The Bertz CT molecular complexity index is 1800. The maximum absolute atomic E-state index is 12.9. The molecular formula is C77H126O6. The zero-order valence-corrected chi connectivity index (χ0v) is 53.9. The van der Waals surface area contributed by atoms with Gasteiger partial charge in [-0.25, -0.2) is 0 Å². The van der Waals surface area contributed by atoms with Gasteiger partial charge in [-0.3, -0.25) is 14.4 Å². The Morgan fingerprint density at radius 2 is 0.494 bits per heavy atom. The minimum Gasteiger partial charge on any atom is -0.462 e. The number of unbranched alkanes of at least 4 members (excludes halogenated alkanes) is 26. The van der Waals surface area contributed by atoms with Crippen LogP contribution in [0.1, 0.15) is 303 Å². The summed E-state index contributed by atoms with van der Waals surface area (Å²) >= 11 is 0. The van der Waals surface area contributed by atoms with Gasteiger partial charge in [0.05, 0.1) is 0 Å². The van der Waals surface area contributed by atoms with E-state index in [4.69, 9.17) is 14.2 Å². The molecule has 83 heavy (non-hydrogen) atoms. The third kappa shape index (κ3) is 68.0. The molecule has 1 unspecified atom stereocenters.